The highest BCUT2D eigenvalue weighted by Gasteiger charge is 2.48. The van der Waals surface area contributed by atoms with Crippen LogP contribution in [0.5, 0.6) is 5.75 Å². The van der Waals surface area contributed by atoms with Gasteiger partial charge in [-0.2, -0.15) is 21.6 Å². The first kappa shape index (κ1) is 29.3. The Kier molecular flexibility index (Phi) is 7.87. The molecule has 0 aliphatic carbocycles. The van der Waals surface area contributed by atoms with E-state index in [1.54, 1.807) is 26.8 Å². The first-order chi connectivity index (χ1) is 18.5. The lowest BCUT2D eigenvalue weighted by Crippen LogP contribution is -2.38. The molecule has 4 rings (SSSR count). The maximum absolute atomic E-state index is 15.2. The van der Waals surface area contributed by atoms with Gasteiger partial charge in [-0.15, -0.1) is 0 Å². The third-order valence-corrected chi connectivity index (χ3v) is 7.04. The fourth-order valence-electron chi connectivity index (χ4n) is 4.31. The molecule has 216 valence electrons. The van der Waals surface area contributed by atoms with Gasteiger partial charge in [-0.1, -0.05) is 0 Å². The number of ether oxygens (including phenoxy) is 1. The number of halogens is 4. The normalized spacial score (nSPS) is 16.4. The summed E-state index contributed by atoms with van der Waals surface area (Å²) in [7, 11) is -5.87. The molecule has 9 nitrogen and oxygen atoms in total. The van der Waals surface area contributed by atoms with Crippen molar-refractivity contribution >= 4 is 32.5 Å². The van der Waals surface area contributed by atoms with Crippen molar-refractivity contribution in [3.8, 4) is 11.4 Å². The SMILES string of the molecule is CC(C)(C)OC(=O)CN[C@@H]1CCN(c2ccc(-n3ccc4cc(OS(=O)(=O)C(F)(F)F)ccc4c3=O)cc2F)C1. The predicted octanol–water partition coefficient (Wildman–Crippen LogP) is 3.87. The molecule has 1 aliphatic heterocycles. The first-order valence-corrected chi connectivity index (χ1v) is 13.6. The molecule has 2 aromatic carbocycles. The molecule has 1 saturated heterocycles. The Hall–Kier alpha value is -3.65. The fraction of sp³-hybridized carbons (Fsp3) is 0.385. The summed E-state index contributed by atoms with van der Waals surface area (Å²) >= 11 is 0. The molecule has 0 amide bonds. The van der Waals surface area contributed by atoms with Crippen LogP contribution >= 0.6 is 0 Å². The number of carbonyl (C=O) groups excluding carboxylic acids is 1. The second kappa shape index (κ2) is 10.7. The van der Waals surface area contributed by atoms with Crippen LogP contribution < -0.4 is 20.0 Å². The number of nitrogens with zero attached hydrogens (tertiary/aromatic N) is 2. The predicted molar refractivity (Wildman–Crippen MR) is 140 cm³/mol. The quantitative estimate of drug-likeness (QED) is 0.193. The maximum atomic E-state index is 15.2. The average Bonchev–Trinajstić information content (AvgIpc) is 3.29. The Bertz CT molecular complexity index is 1600. The van der Waals surface area contributed by atoms with Gasteiger partial charge in [0.1, 0.15) is 17.2 Å². The van der Waals surface area contributed by atoms with Crippen molar-refractivity contribution in [1.29, 1.82) is 0 Å². The minimum Gasteiger partial charge on any atom is -0.459 e. The average molecular weight is 586 g/mol. The van der Waals surface area contributed by atoms with Crippen LogP contribution in [0.4, 0.5) is 23.2 Å². The maximum Gasteiger partial charge on any atom is 0.534 e. The number of esters is 1. The minimum atomic E-state index is -5.87. The smallest absolute Gasteiger partial charge is 0.459 e. The zero-order valence-corrected chi connectivity index (χ0v) is 22.6. The summed E-state index contributed by atoms with van der Waals surface area (Å²) in [5.74, 6) is -1.56. The van der Waals surface area contributed by atoms with E-state index in [4.69, 9.17) is 4.74 Å². The van der Waals surface area contributed by atoms with Gasteiger partial charge in [-0.05, 0) is 69.0 Å². The van der Waals surface area contributed by atoms with Crippen molar-refractivity contribution in [2.75, 3.05) is 24.5 Å². The van der Waals surface area contributed by atoms with E-state index in [-0.39, 0.29) is 35.0 Å². The Labute approximate surface area is 227 Å². The van der Waals surface area contributed by atoms with Gasteiger partial charge in [-0.3, -0.25) is 14.2 Å². The van der Waals surface area contributed by atoms with Gasteiger partial charge in [0, 0.05) is 36.8 Å². The van der Waals surface area contributed by atoms with Gasteiger partial charge in [0.25, 0.3) is 5.56 Å². The van der Waals surface area contributed by atoms with E-state index < -0.39 is 38.4 Å². The van der Waals surface area contributed by atoms with E-state index in [9.17, 15) is 31.2 Å². The van der Waals surface area contributed by atoms with Gasteiger partial charge in [0.15, 0.2) is 0 Å². The van der Waals surface area contributed by atoms with Crippen molar-refractivity contribution in [2.45, 2.75) is 44.3 Å². The molecular weight excluding hydrogens is 558 g/mol. The number of hydrogen-bond acceptors (Lipinski definition) is 8. The highest BCUT2D eigenvalue weighted by atomic mass is 32.2. The van der Waals surface area contributed by atoms with Crippen molar-refractivity contribution in [2.24, 2.45) is 0 Å². The van der Waals surface area contributed by atoms with Crippen LogP contribution in [0.3, 0.4) is 0 Å². The molecular formula is C26H27F4N3O6S. The van der Waals surface area contributed by atoms with Crippen molar-refractivity contribution in [3.05, 3.63) is 64.8 Å². The number of nitrogens with one attached hydrogen (secondary N) is 1. The van der Waals surface area contributed by atoms with Crippen molar-refractivity contribution in [1.82, 2.24) is 9.88 Å². The van der Waals surface area contributed by atoms with Gasteiger partial charge < -0.3 is 19.1 Å². The summed E-state index contributed by atoms with van der Waals surface area (Å²) < 4.78 is 86.1. The van der Waals surface area contributed by atoms with Crippen LogP contribution in [0, 0.1) is 5.82 Å². The Balaban J connectivity index is 1.48. The monoisotopic (exact) mass is 585 g/mol. The number of hydrogen-bond donors (Lipinski definition) is 1. The largest absolute Gasteiger partial charge is 0.534 e. The van der Waals surface area contributed by atoms with E-state index in [1.807, 2.05) is 4.90 Å². The second-order valence-electron chi connectivity index (χ2n) is 10.3. The molecule has 0 radical (unpaired) electrons. The topological polar surface area (TPSA) is 107 Å². The minimum absolute atomic E-state index is 0.0356. The molecule has 14 heteroatoms. The van der Waals surface area contributed by atoms with Gasteiger partial charge >= 0.3 is 21.6 Å². The number of fused-ring (bicyclic) bond motifs is 1. The van der Waals surface area contributed by atoms with Crippen LogP contribution in [0.2, 0.25) is 0 Å². The third-order valence-electron chi connectivity index (χ3n) is 6.06. The van der Waals surface area contributed by atoms with E-state index in [1.165, 1.54) is 24.4 Å². The van der Waals surface area contributed by atoms with Gasteiger partial charge in [0.05, 0.1) is 17.9 Å². The van der Waals surface area contributed by atoms with Crippen molar-refractivity contribution in [3.63, 3.8) is 0 Å². The van der Waals surface area contributed by atoms with Crippen LogP contribution in [0.25, 0.3) is 16.5 Å². The van der Waals surface area contributed by atoms with E-state index in [0.29, 0.717) is 25.2 Å². The molecule has 1 aliphatic rings. The standard InChI is InChI=1S/C26H27F4N3O6S/c1-25(2,3)38-23(34)14-31-17-9-10-32(15-17)22-7-4-18(13-21(22)27)33-11-8-16-12-19(5-6-20(16)24(33)35)39-40(36,37)26(28,29)30/h4-8,11-13,17,31H,9-10,14-15H2,1-3H3/t17-/m1/s1. The lowest BCUT2D eigenvalue weighted by Gasteiger charge is -2.22. The number of aromatic nitrogens is 1. The number of anilines is 1. The number of pyridine rings is 1. The molecule has 1 atom stereocenters. The molecule has 0 bridgehead atoms. The Morgan fingerprint density at radius 2 is 1.82 bits per heavy atom. The van der Waals surface area contributed by atoms with E-state index in [2.05, 4.69) is 9.50 Å². The highest BCUT2D eigenvalue weighted by molar-refractivity contribution is 7.88. The number of alkyl halides is 3. The summed E-state index contributed by atoms with van der Waals surface area (Å²) in [5, 5.41) is 3.32. The van der Waals surface area contributed by atoms with E-state index >= 15 is 4.39 Å². The molecule has 0 spiro atoms. The fourth-order valence-corrected chi connectivity index (χ4v) is 4.76. The summed E-state index contributed by atoms with van der Waals surface area (Å²) in [6, 6.07) is 8.67. The van der Waals surface area contributed by atoms with Crippen LogP contribution in [-0.4, -0.2) is 55.7 Å². The van der Waals surface area contributed by atoms with Crippen molar-refractivity contribution < 1.29 is 39.7 Å². The third kappa shape index (κ3) is 6.55. The molecule has 0 saturated carbocycles. The Morgan fingerprint density at radius 1 is 1.10 bits per heavy atom. The molecule has 1 fully saturated rings. The summed E-state index contributed by atoms with van der Waals surface area (Å²) in [4.78, 5) is 26.8. The van der Waals surface area contributed by atoms with E-state index in [0.717, 1.165) is 22.8 Å². The summed E-state index contributed by atoms with van der Waals surface area (Å²) in [5.41, 5.74) is -6.25. The molecule has 2 heterocycles. The molecule has 3 aromatic rings. The highest BCUT2D eigenvalue weighted by Crippen LogP contribution is 2.29. The van der Waals surface area contributed by atoms with Crippen LogP contribution in [0.1, 0.15) is 27.2 Å². The molecule has 1 N–H and O–H groups in total. The summed E-state index contributed by atoms with van der Waals surface area (Å²) in [6.07, 6.45) is 1.98. The van der Waals surface area contributed by atoms with Crippen LogP contribution in [-0.2, 0) is 19.6 Å². The Morgan fingerprint density at radius 3 is 2.48 bits per heavy atom. The van der Waals surface area contributed by atoms with Gasteiger partial charge in [-0.25, -0.2) is 4.39 Å². The zero-order valence-electron chi connectivity index (χ0n) is 21.8. The molecule has 40 heavy (non-hydrogen) atoms. The van der Waals surface area contributed by atoms with Gasteiger partial charge in [0.2, 0.25) is 0 Å². The lowest BCUT2D eigenvalue weighted by atomic mass is 10.1. The second-order valence-corrected chi connectivity index (χ2v) is 11.8. The van der Waals surface area contributed by atoms with Crippen LogP contribution in [0.15, 0.2) is 53.5 Å². The summed E-state index contributed by atoms with van der Waals surface area (Å²) in [6.45, 7) is 6.39. The number of benzene rings is 2. The molecule has 1 aromatic heterocycles. The number of rotatable bonds is 7. The zero-order chi connectivity index (χ0) is 29.5. The lowest BCUT2D eigenvalue weighted by molar-refractivity contribution is -0.153. The number of carbonyl (C=O) groups is 1. The molecule has 0 unspecified atom stereocenters. The first-order valence-electron chi connectivity index (χ1n) is 12.2.